The summed E-state index contributed by atoms with van der Waals surface area (Å²) < 4.78 is 19.7. The third-order valence-corrected chi connectivity index (χ3v) is 2.95. The Balaban J connectivity index is 2.37. The first-order chi connectivity index (χ1) is 9.31. The summed E-state index contributed by atoms with van der Waals surface area (Å²) in [6.45, 7) is 2.66. The number of nitrogens with zero attached hydrogens (tertiary/aromatic N) is 2. The fourth-order valence-electron chi connectivity index (χ4n) is 1.94. The van der Waals surface area contributed by atoms with Gasteiger partial charge in [-0.15, -0.1) is 0 Å². The van der Waals surface area contributed by atoms with Gasteiger partial charge in [-0.25, -0.2) is 9.18 Å². The first-order valence-corrected chi connectivity index (χ1v) is 5.89. The molecule has 110 valence electrons. The van der Waals surface area contributed by atoms with Crippen LogP contribution in [0.15, 0.2) is 11.0 Å². The third kappa shape index (κ3) is 2.55. The molecule has 0 saturated carbocycles. The molecular formula is C11H14FN3O5. The van der Waals surface area contributed by atoms with E-state index < -0.39 is 47.8 Å². The first kappa shape index (κ1) is 14.6. The van der Waals surface area contributed by atoms with Gasteiger partial charge >= 0.3 is 5.69 Å². The Morgan fingerprint density at radius 2 is 2.15 bits per heavy atom. The molecule has 2 rings (SSSR count). The quantitative estimate of drug-likeness (QED) is 0.641. The summed E-state index contributed by atoms with van der Waals surface area (Å²) in [5.41, 5.74) is -0.916. The van der Waals surface area contributed by atoms with Crippen LogP contribution < -0.4 is 11.0 Å². The van der Waals surface area contributed by atoms with Crippen molar-refractivity contribution in [2.24, 2.45) is 0 Å². The van der Waals surface area contributed by atoms with Crippen LogP contribution in [0.2, 0.25) is 0 Å². The topological polar surface area (TPSA) is 114 Å². The molecule has 1 saturated heterocycles. The zero-order valence-corrected chi connectivity index (χ0v) is 10.8. The number of anilines is 1. The molecule has 3 N–H and O–H groups in total. The first-order valence-electron chi connectivity index (χ1n) is 5.89. The number of hydrogen-bond donors (Lipinski definition) is 3. The third-order valence-electron chi connectivity index (χ3n) is 2.95. The van der Waals surface area contributed by atoms with E-state index in [2.05, 4.69) is 10.3 Å². The van der Waals surface area contributed by atoms with Gasteiger partial charge < -0.3 is 20.3 Å². The SMILES string of the molecule is CC(=O)Nc1nc(=O)n([C@@H]2O[C@H](C)[C@@H](O)[C@H]2O)cc1F. The van der Waals surface area contributed by atoms with Crippen molar-refractivity contribution < 1.29 is 24.1 Å². The molecule has 0 aromatic carbocycles. The minimum absolute atomic E-state index is 0.500. The molecular weight excluding hydrogens is 273 g/mol. The molecule has 1 aliphatic heterocycles. The van der Waals surface area contributed by atoms with Gasteiger partial charge in [-0.3, -0.25) is 9.36 Å². The molecule has 0 aliphatic carbocycles. The minimum Gasteiger partial charge on any atom is -0.388 e. The van der Waals surface area contributed by atoms with Crippen molar-refractivity contribution in [2.45, 2.75) is 38.4 Å². The lowest BCUT2D eigenvalue weighted by Crippen LogP contribution is -2.36. The molecule has 1 fully saturated rings. The normalized spacial score (nSPS) is 29.4. The number of hydrogen-bond acceptors (Lipinski definition) is 6. The predicted octanol–water partition coefficient (Wildman–Crippen LogP) is -1.02. The van der Waals surface area contributed by atoms with Gasteiger partial charge in [0.05, 0.1) is 12.3 Å². The average Bonchev–Trinajstić information content (AvgIpc) is 2.61. The van der Waals surface area contributed by atoms with Crippen LogP contribution in [0.3, 0.4) is 0 Å². The number of aliphatic hydroxyl groups excluding tert-OH is 2. The Morgan fingerprint density at radius 1 is 1.50 bits per heavy atom. The summed E-state index contributed by atoms with van der Waals surface area (Å²) in [5.74, 6) is -2.03. The van der Waals surface area contributed by atoms with Gasteiger partial charge in [0, 0.05) is 6.92 Å². The van der Waals surface area contributed by atoms with Crippen molar-refractivity contribution in [2.75, 3.05) is 5.32 Å². The number of carbonyl (C=O) groups excluding carboxylic acids is 1. The maximum absolute atomic E-state index is 13.7. The van der Waals surface area contributed by atoms with E-state index in [-0.39, 0.29) is 0 Å². The highest BCUT2D eigenvalue weighted by Crippen LogP contribution is 2.28. The van der Waals surface area contributed by atoms with Crippen LogP contribution >= 0.6 is 0 Å². The number of rotatable bonds is 2. The zero-order valence-electron chi connectivity index (χ0n) is 10.8. The molecule has 9 heteroatoms. The second kappa shape index (κ2) is 5.27. The molecule has 2 heterocycles. The molecule has 1 aromatic rings. The summed E-state index contributed by atoms with van der Waals surface area (Å²) in [4.78, 5) is 26.0. The van der Waals surface area contributed by atoms with Crippen LogP contribution in [0.25, 0.3) is 0 Å². The smallest absolute Gasteiger partial charge is 0.351 e. The van der Waals surface area contributed by atoms with E-state index in [4.69, 9.17) is 4.74 Å². The van der Waals surface area contributed by atoms with E-state index >= 15 is 0 Å². The fraction of sp³-hybridized carbons (Fsp3) is 0.545. The maximum Gasteiger partial charge on any atom is 0.351 e. The van der Waals surface area contributed by atoms with Gasteiger partial charge in [-0.05, 0) is 6.92 Å². The molecule has 1 amide bonds. The predicted molar refractivity (Wildman–Crippen MR) is 64.4 cm³/mol. The Hall–Kier alpha value is -1.84. The van der Waals surface area contributed by atoms with Crippen molar-refractivity contribution >= 4 is 11.7 Å². The molecule has 1 aromatic heterocycles. The van der Waals surface area contributed by atoms with E-state index in [9.17, 15) is 24.2 Å². The fourth-order valence-corrected chi connectivity index (χ4v) is 1.94. The molecule has 0 bridgehead atoms. The molecule has 0 unspecified atom stereocenters. The number of amides is 1. The van der Waals surface area contributed by atoms with Gasteiger partial charge in [0.25, 0.3) is 0 Å². The lowest BCUT2D eigenvalue weighted by atomic mass is 10.1. The number of aromatic nitrogens is 2. The summed E-state index contributed by atoms with van der Waals surface area (Å²) in [5, 5.41) is 21.4. The Kier molecular flexibility index (Phi) is 3.84. The molecule has 0 spiro atoms. The average molecular weight is 287 g/mol. The number of halogens is 1. The van der Waals surface area contributed by atoms with Gasteiger partial charge in [0.15, 0.2) is 17.9 Å². The van der Waals surface area contributed by atoms with Crippen molar-refractivity contribution in [3.05, 3.63) is 22.5 Å². The van der Waals surface area contributed by atoms with Crippen molar-refractivity contribution in [1.29, 1.82) is 0 Å². The van der Waals surface area contributed by atoms with Crippen molar-refractivity contribution in [3.63, 3.8) is 0 Å². The summed E-state index contributed by atoms with van der Waals surface area (Å²) in [6, 6.07) is 0. The molecule has 8 nitrogen and oxygen atoms in total. The van der Waals surface area contributed by atoms with Crippen molar-refractivity contribution in [1.82, 2.24) is 9.55 Å². The highest BCUT2D eigenvalue weighted by atomic mass is 19.1. The lowest BCUT2D eigenvalue weighted by molar-refractivity contribution is -0.114. The molecule has 0 radical (unpaired) electrons. The van der Waals surface area contributed by atoms with Crippen LogP contribution in [0.1, 0.15) is 20.1 Å². The van der Waals surface area contributed by atoms with Gasteiger partial charge in [-0.2, -0.15) is 4.98 Å². The monoisotopic (exact) mass is 287 g/mol. The second-order valence-electron chi connectivity index (χ2n) is 4.52. The summed E-state index contributed by atoms with van der Waals surface area (Å²) >= 11 is 0. The number of aliphatic hydroxyl groups is 2. The van der Waals surface area contributed by atoms with E-state index in [0.29, 0.717) is 0 Å². The minimum atomic E-state index is -1.38. The van der Waals surface area contributed by atoms with E-state index in [0.717, 1.165) is 17.7 Å². The van der Waals surface area contributed by atoms with Crippen LogP contribution in [0.4, 0.5) is 10.2 Å². The van der Waals surface area contributed by atoms with Gasteiger partial charge in [0.2, 0.25) is 5.91 Å². The van der Waals surface area contributed by atoms with Crippen LogP contribution in [0.5, 0.6) is 0 Å². The summed E-state index contributed by atoms with van der Waals surface area (Å²) in [6.07, 6.45) is -3.75. The number of ether oxygens (including phenoxy) is 1. The number of nitrogens with one attached hydrogen (secondary N) is 1. The van der Waals surface area contributed by atoms with Crippen LogP contribution in [-0.2, 0) is 9.53 Å². The van der Waals surface area contributed by atoms with E-state index in [1.165, 1.54) is 6.92 Å². The highest BCUT2D eigenvalue weighted by molar-refractivity contribution is 5.87. The Morgan fingerprint density at radius 3 is 2.65 bits per heavy atom. The number of carbonyl (C=O) groups is 1. The Labute approximate surface area is 112 Å². The van der Waals surface area contributed by atoms with E-state index in [1.807, 2.05) is 0 Å². The second-order valence-corrected chi connectivity index (χ2v) is 4.52. The molecule has 4 atom stereocenters. The Bertz CT molecular complexity index is 590. The van der Waals surface area contributed by atoms with Crippen LogP contribution in [0, 0.1) is 5.82 Å². The van der Waals surface area contributed by atoms with Gasteiger partial charge in [0.1, 0.15) is 12.2 Å². The van der Waals surface area contributed by atoms with Gasteiger partial charge in [-0.1, -0.05) is 0 Å². The standard InChI is InChI=1S/C11H14FN3O5/c1-4-7(17)8(18)10(20-4)15-3-6(12)9(13-5(2)16)14-11(15)19/h3-4,7-8,10,17-18H,1-2H3,(H,13,14,16,19)/t4-,7-,8-,10-/m1/s1. The maximum atomic E-state index is 13.7. The largest absolute Gasteiger partial charge is 0.388 e. The van der Waals surface area contributed by atoms with E-state index in [1.54, 1.807) is 0 Å². The van der Waals surface area contributed by atoms with Crippen molar-refractivity contribution in [3.8, 4) is 0 Å². The van der Waals surface area contributed by atoms with Crippen LogP contribution in [-0.4, -0.2) is 44.0 Å². The lowest BCUT2D eigenvalue weighted by Gasteiger charge is -2.17. The summed E-state index contributed by atoms with van der Waals surface area (Å²) in [7, 11) is 0. The molecule has 20 heavy (non-hydrogen) atoms. The molecule has 1 aliphatic rings. The highest BCUT2D eigenvalue weighted by Gasteiger charge is 2.42. The zero-order chi connectivity index (χ0) is 15.0.